The van der Waals surface area contributed by atoms with Gasteiger partial charge in [0.1, 0.15) is 5.02 Å². The second-order valence-corrected chi connectivity index (χ2v) is 5.41. The van der Waals surface area contributed by atoms with E-state index in [1.54, 1.807) is 30.5 Å². The van der Waals surface area contributed by atoms with E-state index >= 15 is 0 Å². The molecule has 0 fully saturated rings. The van der Waals surface area contributed by atoms with Crippen LogP contribution in [0.4, 0.5) is 17.1 Å². The number of halogens is 2. The second-order valence-electron chi connectivity index (χ2n) is 4.57. The Morgan fingerprint density at radius 3 is 2.68 bits per heavy atom. The summed E-state index contributed by atoms with van der Waals surface area (Å²) in [5.41, 5.74) is 1.94. The van der Waals surface area contributed by atoms with E-state index in [1.165, 1.54) is 12.1 Å². The van der Waals surface area contributed by atoms with Gasteiger partial charge in [0.15, 0.2) is 0 Å². The van der Waals surface area contributed by atoms with Crippen molar-refractivity contribution in [1.29, 1.82) is 0 Å². The van der Waals surface area contributed by atoms with E-state index in [-0.39, 0.29) is 10.7 Å². The number of hydrogen-bond donors (Lipinski definition) is 1. The molecule has 0 aliphatic rings. The minimum absolute atomic E-state index is 0.0990. The molecule has 0 unspecified atom stereocenters. The van der Waals surface area contributed by atoms with Gasteiger partial charge < -0.3 is 5.32 Å². The number of hydrogen-bond acceptors (Lipinski definition) is 4. The van der Waals surface area contributed by atoms with Crippen molar-refractivity contribution >= 4 is 51.2 Å². The molecule has 3 rings (SSSR count). The Balaban J connectivity index is 2.03. The lowest BCUT2D eigenvalue weighted by Gasteiger charge is -2.10. The van der Waals surface area contributed by atoms with Gasteiger partial charge in [0.2, 0.25) is 0 Å². The van der Waals surface area contributed by atoms with E-state index in [4.69, 9.17) is 23.2 Å². The Labute approximate surface area is 135 Å². The third kappa shape index (κ3) is 2.81. The summed E-state index contributed by atoms with van der Waals surface area (Å²) < 4.78 is 0. The number of anilines is 2. The number of nitrogens with zero attached hydrogens (tertiary/aromatic N) is 2. The Bertz CT molecular complexity index is 884. The third-order valence-corrected chi connectivity index (χ3v) is 3.68. The summed E-state index contributed by atoms with van der Waals surface area (Å²) in [5.74, 6) is 0. The van der Waals surface area contributed by atoms with E-state index in [0.717, 1.165) is 16.6 Å². The van der Waals surface area contributed by atoms with E-state index < -0.39 is 4.92 Å². The average Bonchev–Trinajstić information content (AvgIpc) is 2.49. The van der Waals surface area contributed by atoms with Gasteiger partial charge >= 0.3 is 0 Å². The molecule has 0 saturated carbocycles. The summed E-state index contributed by atoms with van der Waals surface area (Å²) in [6, 6.07) is 11.7. The fourth-order valence-corrected chi connectivity index (χ4v) is 2.47. The SMILES string of the molecule is O=[N+]([O-])c1cc(Nc2ccnc3cc(Cl)ccc23)ccc1Cl. The van der Waals surface area contributed by atoms with Crippen LogP contribution in [-0.2, 0) is 0 Å². The number of nitrogens with one attached hydrogen (secondary N) is 1. The lowest BCUT2D eigenvalue weighted by Crippen LogP contribution is -1.95. The number of fused-ring (bicyclic) bond motifs is 1. The molecule has 0 radical (unpaired) electrons. The Hall–Kier alpha value is -2.37. The standard InChI is InChI=1S/C15H9Cl2N3O2/c16-9-1-3-11-13(5-6-18-14(11)7-9)19-10-2-4-12(17)15(8-10)20(21)22/h1-8H,(H,18,19). The summed E-state index contributed by atoms with van der Waals surface area (Å²) in [4.78, 5) is 14.7. The zero-order valence-electron chi connectivity index (χ0n) is 11.1. The number of aromatic nitrogens is 1. The smallest absolute Gasteiger partial charge is 0.289 e. The van der Waals surface area contributed by atoms with Gasteiger partial charge in [0.25, 0.3) is 5.69 Å². The molecule has 1 heterocycles. The summed E-state index contributed by atoms with van der Waals surface area (Å²) >= 11 is 11.8. The molecule has 0 spiro atoms. The van der Waals surface area contributed by atoms with E-state index in [9.17, 15) is 10.1 Å². The molecule has 5 nitrogen and oxygen atoms in total. The molecule has 22 heavy (non-hydrogen) atoms. The molecule has 1 aromatic heterocycles. The number of nitro benzene ring substituents is 1. The van der Waals surface area contributed by atoms with Gasteiger partial charge in [-0.1, -0.05) is 23.2 Å². The molecule has 0 aliphatic carbocycles. The van der Waals surface area contributed by atoms with Crippen molar-refractivity contribution in [3.63, 3.8) is 0 Å². The van der Waals surface area contributed by atoms with Crippen molar-refractivity contribution in [2.75, 3.05) is 5.32 Å². The van der Waals surface area contributed by atoms with Crippen molar-refractivity contribution in [3.8, 4) is 0 Å². The maximum Gasteiger partial charge on any atom is 0.289 e. The van der Waals surface area contributed by atoms with Crippen LogP contribution in [0.2, 0.25) is 10.0 Å². The minimum Gasteiger partial charge on any atom is -0.355 e. The number of benzene rings is 2. The van der Waals surface area contributed by atoms with Gasteiger partial charge in [-0.3, -0.25) is 15.1 Å². The molecule has 0 bridgehead atoms. The average molecular weight is 334 g/mol. The van der Waals surface area contributed by atoms with Crippen LogP contribution < -0.4 is 5.32 Å². The number of nitro groups is 1. The highest BCUT2D eigenvalue weighted by Crippen LogP contribution is 2.31. The fraction of sp³-hybridized carbons (Fsp3) is 0. The summed E-state index contributed by atoms with van der Waals surface area (Å²) in [6.45, 7) is 0. The first-order chi connectivity index (χ1) is 10.5. The molecular weight excluding hydrogens is 325 g/mol. The Kier molecular flexibility index (Phi) is 3.83. The molecule has 110 valence electrons. The van der Waals surface area contributed by atoms with Crippen molar-refractivity contribution in [3.05, 3.63) is 68.8 Å². The molecule has 3 aromatic rings. The first kappa shape index (κ1) is 14.6. The highest BCUT2D eigenvalue weighted by atomic mass is 35.5. The third-order valence-electron chi connectivity index (χ3n) is 3.13. The summed E-state index contributed by atoms with van der Waals surface area (Å²) in [7, 11) is 0. The highest BCUT2D eigenvalue weighted by Gasteiger charge is 2.13. The number of rotatable bonds is 3. The molecular formula is C15H9Cl2N3O2. The highest BCUT2D eigenvalue weighted by molar-refractivity contribution is 6.32. The van der Waals surface area contributed by atoms with Gasteiger partial charge in [-0.15, -0.1) is 0 Å². The Morgan fingerprint density at radius 2 is 1.91 bits per heavy atom. The van der Waals surface area contributed by atoms with Gasteiger partial charge in [0.05, 0.1) is 10.4 Å². The van der Waals surface area contributed by atoms with Crippen molar-refractivity contribution < 1.29 is 4.92 Å². The van der Waals surface area contributed by atoms with E-state index in [0.29, 0.717) is 10.7 Å². The van der Waals surface area contributed by atoms with Crippen LogP contribution in [0.5, 0.6) is 0 Å². The topological polar surface area (TPSA) is 68.1 Å². The quantitative estimate of drug-likeness (QED) is 0.528. The summed E-state index contributed by atoms with van der Waals surface area (Å²) in [6.07, 6.45) is 1.64. The van der Waals surface area contributed by atoms with Gasteiger partial charge in [-0.05, 0) is 36.4 Å². The maximum absolute atomic E-state index is 10.9. The Morgan fingerprint density at radius 1 is 1.09 bits per heavy atom. The molecule has 0 aliphatic heterocycles. The zero-order valence-corrected chi connectivity index (χ0v) is 12.6. The summed E-state index contributed by atoms with van der Waals surface area (Å²) in [5, 5.41) is 15.6. The number of pyridine rings is 1. The second kappa shape index (κ2) is 5.79. The largest absolute Gasteiger partial charge is 0.355 e. The van der Waals surface area contributed by atoms with Crippen LogP contribution in [0.15, 0.2) is 48.7 Å². The molecule has 0 atom stereocenters. The van der Waals surface area contributed by atoms with Crippen molar-refractivity contribution in [2.45, 2.75) is 0 Å². The van der Waals surface area contributed by atoms with Gasteiger partial charge in [-0.25, -0.2) is 0 Å². The first-order valence-electron chi connectivity index (χ1n) is 6.30. The van der Waals surface area contributed by atoms with E-state index in [2.05, 4.69) is 10.3 Å². The van der Waals surface area contributed by atoms with Crippen LogP contribution in [0.3, 0.4) is 0 Å². The lowest BCUT2D eigenvalue weighted by molar-refractivity contribution is -0.384. The van der Waals surface area contributed by atoms with Crippen LogP contribution in [0, 0.1) is 10.1 Å². The normalized spacial score (nSPS) is 10.6. The van der Waals surface area contributed by atoms with E-state index in [1.807, 2.05) is 6.07 Å². The van der Waals surface area contributed by atoms with Crippen LogP contribution in [0.25, 0.3) is 10.9 Å². The molecule has 1 N–H and O–H groups in total. The maximum atomic E-state index is 10.9. The monoisotopic (exact) mass is 333 g/mol. The predicted molar refractivity (Wildman–Crippen MR) is 88.1 cm³/mol. The van der Waals surface area contributed by atoms with Crippen LogP contribution >= 0.6 is 23.2 Å². The molecule has 0 saturated heterocycles. The van der Waals surface area contributed by atoms with Crippen molar-refractivity contribution in [1.82, 2.24) is 4.98 Å². The fourth-order valence-electron chi connectivity index (χ4n) is 2.12. The van der Waals surface area contributed by atoms with Gasteiger partial charge in [0, 0.05) is 34.0 Å². The molecule has 7 heteroatoms. The molecule has 2 aromatic carbocycles. The molecule has 0 amide bonds. The minimum atomic E-state index is -0.516. The van der Waals surface area contributed by atoms with Crippen LogP contribution in [0.1, 0.15) is 0 Å². The van der Waals surface area contributed by atoms with Crippen molar-refractivity contribution in [2.24, 2.45) is 0 Å². The predicted octanol–water partition coefficient (Wildman–Crippen LogP) is 5.19. The van der Waals surface area contributed by atoms with Crippen LogP contribution in [-0.4, -0.2) is 9.91 Å². The first-order valence-corrected chi connectivity index (χ1v) is 7.05. The lowest BCUT2D eigenvalue weighted by atomic mass is 10.2. The zero-order chi connectivity index (χ0) is 15.7. The van der Waals surface area contributed by atoms with Gasteiger partial charge in [-0.2, -0.15) is 0 Å².